The molecule has 6 heteroatoms. The van der Waals surface area contributed by atoms with Gasteiger partial charge in [-0.2, -0.15) is 0 Å². The van der Waals surface area contributed by atoms with E-state index >= 15 is 0 Å². The fourth-order valence-electron chi connectivity index (χ4n) is 3.91. The average molecular weight is 369 g/mol. The van der Waals surface area contributed by atoms with E-state index in [0.717, 1.165) is 51.9 Å². The first kappa shape index (κ1) is 21.3. The van der Waals surface area contributed by atoms with Crippen LogP contribution >= 0.6 is 0 Å². The molecule has 0 saturated carbocycles. The first-order valence-corrected chi connectivity index (χ1v) is 10.2. The molecular weight excluding hydrogens is 332 g/mol. The fourth-order valence-corrected chi connectivity index (χ4v) is 3.91. The van der Waals surface area contributed by atoms with Crippen molar-refractivity contribution in [1.82, 2.24) is 9.80 Å². The van der Waals surface area contributed by atoms with E-state index in [1.165, 1.54) is 0 Å². The predicted molar refractivity (Wildman–Crippen MR) is 101 cm³/mol. The van der Waals surface area contributed by atoms with Crippen molar-refractivity contribution in [3.05, 3.63) is 0 Å². The smallest absolute Gasteiger partial charge is 0.224 e. The van der Waals surface area contributed by atoms with Crippen LogP contribution in [-0.4, -0.2) is 79.6 Å². The summed E-state index contributed by atoms with van der Waals surface area (Å²) < 4.78 is 10.9. The number of carbonyl (C=O) groups is 2. The van der Waals surface area contributed by atoms with Gasteiger partial charge in [0.15, 0.2) is 0 Å². The third-order valence-corrected chi connectivity index (χ3v) is 5.58. The van der Waals surface area contributed by atoms with Gasteiger partial charge in [0.1, 0.15) is 5.78 Å². The normalized spacial score (nSPS) is 20.7. The second-order valence-electron chi connectivity index (χ2n) is 7.81. The molecule has 26 heavy (non-hydrogen) atoms. The second-order valence-corrected chi connectivity index (χ2v) is 7.81. The number of amides is 1. The maximum absolute atomic E-state index is 12.3. The number of rotatable bonds is 9. The number of piperidine rings is 2. The molecule has 0 spiro atoms. The average Bonchev–Trinajstić information content (AvgIpc) is 2.64. The molecule has 2 heterocycles. The summed E-state index contributed by atoms with van der Waals surface area (Å²) in [5.74, 6) is 0.797. The molecule has 2 rings (SSSR count). The Morgan fingerprint density at radius 3 is 2.19 bits per heavy atom. The number of Topliss-reactive ketones (excluding diaryl/α,β-unsaturated/α-hetero) is 1. The quantitative estimate of drug-likeness (QED) is 0.584. The van der Waals surface area contributed by atoms with Gasteiger partial charge in [-0.25, -0.2) is 0 Å². The Morgan fingerprint density at radius 1 is 0.962 bits per heavy atom. The Kier molecular flexibility index (Phi) is 9.02. The highest BCUT2D eigenvalue weighted by Crippen LogP contribution is 2.24. The zero-order valence-corrected chi connectivity index (χ0v) is 16.7. The second kappa shape index (κ2) is 11.0. The third kappa shape index (κ3) is 6.97. The first-order valence-electron chi connectivity index (χ1n) is 10.2. The molecule has 150 valence electrons. The van der Waals surface area contributed by atoms with Crippen LogP contribution in [0.1, 0.15) is 52.9 Å². The Labute approximate surface area is 158 Å². The van der Waals surface area contributed by atoms with E-state index in [4.69, 9.17) is 9.47 Å². The molecule has 1 amide bonds. The van der Waals surface area contributed by atoms with Gasteiger partial charge in [0.2, 0.25) is 5.91 Å². The van der Waals surface area contributed by atoms with Gasteiger partial charge in [-0.15, -0.1) is 0 Å². The van der Waals surface area contributed by atoms with Crippen LogP contribution in [0.2, 0.25) is 0 Å². The maximum Gasteiger partial charge on any atom is 0.224 e. The minimum atomic E-state index is 0.198. The van der Waals surface area contributed by atoms with Crippen molar-refractivity contribution >= 4 is 11.7 Å². The van der Waals surface area contributed by atoms with Crippen molar-refractivity contribution in [2.75, 3.05) is 46.0 Å². The Hall–Kier alpha value is -0.980. The van der Waals surface area contributed by atoms with Gasteiger partial charge in [-0.1, -0.05) is 0 Å². The highest BCUT2D eigenvalue weighted by Gasteiger charge is 2.30. The summed E-state index contributed by atoms with van der Waals surface area (Å²) in [6.45, 7) is 11.0. The molecule has 0 N–H and O–H groups in total. The number of hydrogen-bond donors (Lipinski definition) is 0. The van der Waals surface area contributed by atoms with Gasteiger partial charge in [0, 0.05) is 25.0 Å². The van der Waals surface area contributed by atoms with Gasteiger partial charge >= 0.3 is 0 Å². The zero-order chi connectivity index (χ0) is 18.9. The van der Waals surface area contributed by atoms with E-state index in [2.05, 4.69) is 4.90 Å². The lowest BCUT2D eigenvalue weighted by Crippen LogP contribution is -2.49. The summed E-state index contributed by atoms with van der Waals surface area (Å²) in [7, 11) is 0. The summed E-state index contributed by atoms with van der Waals surface area (Å²) in [5, 5.41) is 0. The molecule has 2 aliphatic rings. The molecule has 0 aromatic carbocycles. The monoisotopic (exact) mass is 368 g/mol. The summed E-state index contributed by atoms with van der Waals surface area (Å²) in [4.78, 5) is 28.3. The summed E-state index contributed by atoms with van der Waals surface area (Å²) >= 11 is 0. The SMILES string of the molecule is CC(=O)C1CCN(C2CCN(C(=O)CCOCCOC(C)C)CC2)CC1. The molecule has 0 aromatic rings. The van der Waals surface area contributed by atoms with Gasteiger partial charge in [-0.3, -0.25) is 9.59 Å². The van der Waals surface area contributed by atoms with Crippen LogP contribution < -0.4 is 0 Å². The number of ketones is 1. The lowest BCUT2D eigenvalue weighted by atomic mass is 9.91. The van der Waals surface area contributed by atoms with E-state index < -0.39 is 0 Å². The molecule has 0 radical (unpaired) electrons. The van der Waals surface area contributed by atoms with Crippen LogP contribution in [0.4, 0.5) is 0 Å². The van der Waals surface area contributed by atoms with Crippen LogP contribution in [0.3, 0.4) is 0 Å². The van der Waals surface area contributed by atoms with Gasteiger partial charge < -0.3 is 19.3 Å². The van der Waals surface area contributed by atoms with E-state index in [1.54, 1.807) is 6.92 Å². The lowest BCUT2D eigenvalue weighted by molar-refractivity contribution is -0.134. The number of carbonyl (C=O) groups excluding carboxylic acids is 2. The van der Waals surface area contributed by atoms with Gasteiger partial charge in [0.25, 0.3) is 0 Å². The van der Waals surface area contributed by atoms with Crippen molar-refractivity contribution in [3.63, 3.8) is 0 Å². The van der Waals surface area contributed by atoms with Crippen molar-refractivity contribution in [2.45, 2.75) is 65.0 Å². The summed E-state index contributed by atoms with van der Waals surface area (Å²) in [6.07, 6.45) is 4.74. The molecule has 0 aliphatic carbocycles. The molecule has 6 nitrogen and oxygen atoms in total. The Bertz CT molecular complexity index is 439. The number of likely N-dealkylation sites (tertiary alicyclic amines) is 2. The summed E-state index contributed by atoms with van der Waals surface area (Å²) in [6, 6.07) is 0.566. The van der Waals surface area contributed by atoms with Crippen molar-refractivity contribution in [2.24, 2.45) is 5.92 Å². The van der Waals surface area contributed by atoms with Crippen LogP contribution in [0, 0.1) is 5.92 Å². The zero-order valence-electron chi connectivity index (χ0n) is 16.7. The van der Waals surface area contributed by atoms with Crippen LogP contribution in [0.25, 0.3) is 0 Å². The number of hydrogen-bond acceptors (Lipinski definition) is 5. The van der Waals surface area contributed by atoms with E-state index in [1.807, 2.05) is 18.7 Å². The Morgan fingerprint density at radius 2 is 1.62 bits per heavy atom. The number of nitrogens with zero attached hydrogens (tertiary/aromatic N) is 2. The lowest BCUT2D eigenvalue weighted by Gasteiger charge is -2.41. The van der Waals surface area contributed by atoms with Crippen LogP contribution in [-0.2, 0) is 19.1 Å². The number of ether oxygens (including phenoxy) is 2. The Balaban J connectivity index is 1.58. The molecule has 2 saturated heterocycles. The molecule has 0 aromatic heterocycles. The van der Waals surface area contributed by atoms with Gasteiger partial charge in [0.05, 0.1) is 32.3 Å². The van der Waals surface area contributed by atoms with E-state index in [0.29, 0.717) is 38.1 Å². The largest absolute Gasteiger partial charge is 0.379 e. The molecule has 0 bridgehead atoms. The molecule has 2 aliphatic heterocycles. The highest BCUT2D eigenvalue weighted by molar-refractivity contribution is 5.78. The van der Waals surface area contributed by atoms with Crippen molar-refractivity contribution in [1.29, 1.82) is 0 Å². The molecule has 2 fully saturated rings. The molecule has 0 unspecified atom stereocenters. The van der Waals surface area contributed by atoms with Crippen molar-refractivity contribution in [3.8, 4) is 0 Å². The third-order valence-electron chi connectivity index (χ3n) is 5.58. The molecule has 0 atom stereocenters. The molecular formula is C20H36N2O4. The minimum absolute atomic E-state index is 0.198. The fraction of sp³-hybridized carbons (Fsp3) is 0.900. The minimum Gasteiger partial charge on any atom is -0.379 e. The predicted octanol–water partition coefficient (Wildman–Crippen LogP) is 2.11. The van der Waals surface area contributed by atoms with E-state index in [-0.39, 0.29) is 17.9 Å². The first-order chi connectivity index (χ1) is 12.5. The topological polar surface area (TPSA) is 59.1 Å². The standard InChI is InChI=1S/C20H36N2O4/c1-16(2)26-15-14-25-13-8-20(24)22-11-6-19(7-12-22)21-9-4-18(5-10-21)17(3)23/h16,18-19H,4-15H2,1-3H3. The summed E-state index contributed by atoms with van der Waals surface area (Å²) in [5.41, 5.74) is 0. The van der Waals surface area contributed by atoms with Crippen LogP contribution in [0.15, 0.2) is 0 Å². The van der Waals surface area contributed by atoms with Crippen LogP contribution in [0.5, 0.6) is 0 Å². The van der Waals surface area contributed by atoms with Gasteiger partial charge in [-0.05, 0) is 59.5 Å². The highest BCUT2D eigenvalue weighted by atomic mass is 16.5. The van der Waals surface area contributed by atoms with E-state index in [9.17, 15) is 9.59 Å². The van der Waals surface area contributed by atoms with Crippen molar-refractivity contribution < 1.29 is 19.1 Å². The maximum atomic E-state index is 12.3.